The van der Waals surface area contributed by atoms with Gasteiger partial charge in [-0.15, -0.1) is 0 Å². The van der Waals surface area contributed by atoms with Gasteiger partial charge in [0.25, 0.3) is 0 Å². The predicted octanol–water partition coefficient (Wildman–Crippen LogP) is 5.00. The zero-order valence-electron chi connectivity index (χ0n) is 16.7. The Morgan fingerprint density at radius 2 is 1.87 bits per heavy atom. The summed E-state index contributed by atoms with van der Waals surface area (Å²) in [5, 5.41) is 12.9. The smallest absolute Gasteiger partial charge is 0.416 e. The van der Waals surface area contributed by atoms with Crippen molar-refractivity contribution in [2.45, 2.75) is 25.4 Å². The molecule has 0 spiro atoms. The predicted molar refractivity (Wildman–Crippen MR) is 105 cm³/mol. The van der Waals surface area contributed by atoms with Crippen molar-refractivity contribution >= 4 is 5.97 Å². The van der Waals surface area contributed by atoms with Crippen LogP contribution in [0.3, 0.4) is 0 Å². The fourth-order valence-corrected chi connectivity index (χ4v) is 3.69. The minimum Gasteiger partial charge on any atom is -0.466 e. The SMILES string of the molecule is COC(=O)C1=C(C)NC(Cc2ccccc2)=C(C#N)C1c1ccc(F)cc1C(F)(F)F. The molecule has 1 aliphatic rings. The first-order chi connectivity index (χ1) is 14.7. The third-order valence-electron chi connectivity index (χ3n) is 5.03. The molecule has 8 heteroatoms. The number of hydrogen-bond donors (Lipinski definition) is 1. The Hall–Kier alpha value is -3.60. The summed E-state index contributed by atoms with van der Waals surface area (Å²) < 4.78 is 59.7. The topological polar surface area (TPSA) is 62.1 Å². The highest BCUT2D eigenvalue weighted by atomic mass is 19.4. The van der Waals surface area contributed by atoms with Crippen LogP contribution in [0.15, 0.2) is 71.1 Å². The molecule has 3 rings (SSSR count). The van der Waals surface area contributed by atoms with E-state index >= 15 is 0 Å². The van der Waals surface area contributed by atoms with E-state index in [9.17, 15) is 27.6 Å². The van der Waals surface area contributed by atoms with Gasteiger partial charge in [0, 0.05) is 17.8 Å². The van der Waals surface area contributed by atoms with Crippen molar-refractivity contribution < 1.29 is 27.1 Å². The second-order valence-corrected chi connectivity index (χ2v) is 6.98. The van der Waals surface area contributed by atoms with Crippen LogP contribution in [0.4, 0.5) is 17.6 Å². The van der Waals surface area contributed by atoms with Crippen LogP contribution >= 0.6 is 0 Å². The van der Waals surface area contributed by atoms with Gasteiger partial charge in [-0.05, 0) is 30.2 Å². The maximum atomic E-state index is 13.8. The summed E-state index contributed by atoms with van der Waals surface area (Å²) in [6.07, 6.45) is -4.66. The van der Waals surface area contributed by atoms with Crippen molar-refractivity contribution in [3.05, 3.63) is 93.6 Å². The van der Waals surface area contributed by atoms with Crippen molar-refractivity contribution in [3.63, 3.8) is 0 Å². The van der Waals surface area contributed by atoms with Crippen molar-refractivity contribution in [2.24, 2.45) is 0 Å². The number of nitrogens with one attached hydrogen (secondary N) is 1. The van der Waals surface area contributed by atoms with Gasteiger partial charge >= 0.3 is 12.1 Å². The Labute approximate surface area is 176 Å². The number of carbonyl (C=O) groups is 1. The van der Waals surface area contributed by atoms with Gasteiger partial charge in [-0.2, -0.15) is 18.4 Å². The molecule has 1 heterocycles. The molecule has 31 heavy (non-hydrogen) atoms. The van der Waals surface area contributed by atoms with E-state index in [-0.39, 0.29) is 23.3 Å². The zero-order chi connectivity index (χ0) is 22.8. The molecule has 2 aromatic carbocycles. The van der Waals surface area contributed by atoms with E-state index in [4.69, 9.17) is 4.74 Å². The highest BCUT2D eigenvalue weighted by molar-refractivity contribution is 5.93. The maximum Gasteiger partial charge on any atom is 0.416 e. The Kier molecular flexibility index (Phi) is 6.16. The Balaban J connectivity index is 2.27. The molecule has 0 fully saturated rings. The van der Waals surface area contributed by atoms with E-state index in [1.165, 1.54) is 6.92 Å². The highest BCUT2D eigenvalue weighted by Crippen LogP contribution is 2.44. The van der Waals surface area contributed by atoms with Gasteiger partial charge in [-0.3, -0.25) is 0 Å². The number of esters is 1. The van der Waals surface area contributed by atoms with E-state index in [1.54, 1.807) is 12.1 Å². The van der Waals surface area contributed by atoms with Crippen LogP contribution in [-0.4, -0.2) is 13.1 Å². The van der Waals surface area contributed by atoms with Crippen molar-refractivity contribution in [3.8, 4) is 6.07 Å². The lowest BCUT2D eigenvalue weighted by Crippen LogP contribution is -2.31. The molecule has 4 nitrogen and oxygen atoms in total. The molecule has 0 saturated heterocycles. The van der Waals surface area contributed by atoms with Crippen LogP contribution in [-0.2, 0) is 22.1 Å². The van der Waals surface area contributed by atoms with Gasteiger partial charge in [0.15, 0.2) is 0 Å². The first-order valence-corrected chi connectivity index (χ1v) is 9.27. The van der Waals surface area contributed by atoms with Crippen LogP contribution in [0.2, 0.25) is 0 Å². The van der Waals surface area contributed by atoms with Gasteiger partial charge in [0.1, 0.15) is 5.82 Å². The van der Waals surface area contributed by atoms with E-state index in [2.05, 4.69) is 5.32 Å². The number of allylic oxidation sites excluding steroid dienone is 3. The molecule has 1 N–H and O–H groups in total. The van der Waals surface area contributed by atoms with Gasteiger partial charge in [-0.1, -0.05) is 36.4 Å². The number of dihydropyridines is 1. The van der Waals surface area contributed by atoms with Crippen LogP contribution in [0.1, 0.15) is 29.5 Å². The largest absolute Gasteiger partial charge is 0.466 e. The quantitative estimate of drug-likeness (QED) is 0.548. The molecule has 1 aliphatic heterocycles. The number of hydrogen-bond acceptors (Lipinski definition) is 4. The molecule has 0 aliphatic carbocycles. The van der Waals surface area contributed by atoms with Gasteiger partial charge in [-0.25, -0.2) is 9.18 Å². The Bertz CT molecular complexity index is 1110. The minimum atomic E-state index is -4.89. The molecule has 0 aromatic heterocycles. The second kappa shape index (κ2) is 8.64. The summed E-state index contributed by atoms with van der Waals surface area (Å²) in [7, 11) is 1.10. The first kappa shape index (κ1) is 22.1. The molecule has 1 atom stereocenters. The number of nitriles is 1. The van der Waals surface area contributed by atoms with Crippen LogP contribution in [0.5, 0.6) is 0 Å². The van der Waals surface area contributed by atoms with Crippen LogP contribution in [0.25, 0.3) is 0 Å². The molecule has 0 saturated carbocycles. The van der Waals surface area contributed by atoms with Crippen molar-refractivity contribution in [1.29, 1.82) is 5.26 Å². The molecule has 0 bridgehead atoms. The molecule has 1 unspecified atom stereocenters. The molecule has 160 valence electrons. The minimum absolute atomic E-state index is 0.0630. The second-order valence-electron chi connectivity index (χ2n) is 6.98. The Morgan fingerprint density at radius 3 is 2.45 bits per heavy atom. The van der Waals surface area contributed by atoms with Crippen molar-refractivity contribution in [2.75, 3.05) is 7.11 Å². The number of alkyl halides is 3. The molecule has 2 aromatic rings. The monoisotopic (exact) mass is 430 g/mol. The number of rotatable bonds is 4. The van der Waals surface area contributed by atoms with Crippen molar-refractivity contribution in [1.82, 2.24) is 5.32 Å². The zero-order valence-corrected chi connectivity index (χ0v) is 16.7. The molecular weight excluding hydrogens is 412 g/mol. The van der Waals surface area contributed by atoms with E-state index < -0.39 is 35.0 Å². The summed E-state index contributed by atoms with van der Waals surface area (Å²) in [5.41, 5.74) is -0.390. The normalized spacial score (nSPS) is 16.6. The average Bonchev–Trinajstić information content (AvgIpc) is 2.73. The summed E-state index contributed by atoms with van der Waals surface area (Å²) in [5.74, 6) is -3.31. The fourth-order valence-electron chi connectivity index (χ4n) is 3.69. The van der Waals surface area contributed by atoms with E-state index in [0.29, 0.717) is 11.8 Å². The van der Waals surface area contributed by atoms with E-state index in [1.807, 2.05) is 24.3 Å². The Morgan fingerprint density at radius 1 is 1.19 bits per heavy atom. The lowest BCUT2D eigenvalue weighted by molar-refractivity contribution is -0.139. The third kappa shape index (κ3) is 4.45. The van der Waals surface area contributed by atoms with Gasteiger partial charge in [0.05, 0.1) is 35.8 Å². The molecule has 0 radical (unpaired) electrons. The lowest BCUT2D eigenvalue weighted by Gasteiger charge is -2.31. The average molecular weight is 430 g/mol. The third-order valence-corrected chi connectivity index (χ3v) is 5.03. The highest BCUT2D eigenvalue weighted by Gasteiger charge is 2.41. The standard InChI is InChI=1S/C23H18F4N2O2/c1-13-20(22(30)31-2)21(16-9-8-15(24)11-18(16)23(25,26)27)17(12-28)19(29-13)10-14-6-4-3-5-7-14/h3-9,11,21,29H,10H2,1-2H3. The van der Waals surface area contributed by atoms with Gasteiger partial charge in [0.2, 0.25) is 0 Å². The number of halogens is 4. The number of carbonyl (C=O) groups excluding carboxylic acids is 1. The summed E-state index contributed by atoms with van der Waals surface area (Å²) in [6.45, 7) is 1.52. The number of ether oxygens (including phenoxy) is 1. The summed E-state index contributed by atoms with van der Waals surface area (Å²) in [6, 6.07) is 13.2. The fraction of sp³-hybridized carbons (Fsp3) is 0.217. The van der Waals surface area contributed by atoms with Crippen LogP contribution in [0, 0.1) is 17.1 Å². The van der Waals surface area contributed by atoms with Gasteiger partial charge < -0.3 is 10.1 Å². The number of benzene rings is 2. The van der Waals surface area contributed by atoms with Crippen LogP contribution < -0.4 is 5.32 Å². The number of methoxy groups -OCH3 is 1. The van der Waals surface area contributed by atoms with E-state index in [0.717, 1.165) is 24.8 Å². The molecular formula is C23H18F4N2O2. The summed E-state index contributed by atoms with van der Waals surface area (Å²) in [4.78, 5) is 12.5. The number of nitrogens with zero attached hydrogens (tertiary/aromatic N) is 1. The lowest BCUT2D eigenvalue weighted by atomic mass is 9.78. The first-order valence-electron chi connectivity index (χ1n) is 9.27. The maximum absolute atomic E-state index is 13.8. The molecule has 0 amide bonds. The summed E-state index contributed by atoms with van der Waals surface area (Å²) >= 11 is 0.